The van der Waals surface area contributed by atoms with Crippen LogP contribution in [0.25, 0.3) is 0 Å². The summed E-state index contributed by atoms with van der Waals surface area (Å²) in [6, 6.07) is 0. The van der Waals surface area contributed by atoms with Crippen molar-refractivity contribution < 1.29 is 9.64 Å². The molecule has 2 saturated heterocycles. The van der Waals surface area contributed by atoms with E-state index >= 15 is 0 Å². The number of allylic oxidation sites excluding steroid dienone is 1. The highest BCUT2D eigenvalue weighted by Gasteiger charge is 2.46. The molecule has 4 aliphatic rings. The number of nitrogens with one attached hydrogen (secondary N) is 1. The zero-order chi connectivity index (χ0) is 14.2. The number of hydrogen-bond acceptors (Lipinski definition) is 1. The average molecular weight is 290 g/mol. The maximum absolute atomic E-state index is 6.79. The van der Waals surface area contributed by atoms with E-state index in [1.165, 1.54) is 70.9 Å². The fourth-order valence-corrected chi connectivity index (χ4v) is 5.68. The quantitative estimate of drug-likeness (QED) is 0.733. The van der Waals surface area contributed by atoms with Gasteiger partial charge < -0.3 is 9.64 Å². The normalized spacial score (nSPS) is 47.2. The molecule has 21 heavy (non-hydrogen) atoms. The van der Waals surface area contributed by atoms with Crippen LogP contribution in [-0.4, -0.2) is 32.3 Å². The highest BCUT2D eigenvalue weighted by Crippen LogP contribution is 2.48. The Kier molecular flexibility index (Phi) is 4.10. The third-order valence-corrected chi connectivity index (χ3v) is 6.64. The first-order valence-electron chi connectivity index (χ1n) is 9.49. The molecule has 1 saturated carbocycles. The predicted octanol–water partition coefficient (Wildman–Crippen LogP) is 2.60. The molecule has 0 aromatic heterocycles. The monoisotopic (exact) mass is 290 g/mol. The lowest BCUT2D eigenvalue weighted by atomic mass is 9.66. The van der Waals surface area contributed by atoms with Gasteiger partial charge in [0.15, 0.2) is 0 Å². The molecule has 0 bridgehead atoms. The summed E-state index contributed by atoms with van der Waals surface area (Å²) in [6.07, 6.45) is 16.2. The molecule has 3 fully saturated rings. The Hall–Kier alpha value is -0.340. The van der Waals surface area contributed by atoms with Crippen molar-refractivity contribution in [2.75, 3.05) is 20.1 Å². The van der Waals surface area contributed by atoms with E-state index in [1.807, 2.05) is 5.57 Å². The van der Waals surface area contributed by atoms with Crippen molar-refractivity contribution in [3.05, 3.63) is 11.6 Å². The maximum atomic E-state index is 6.79. The van der Waals surface area contributed by atoms with Crippen LogP contribution >= 0.6 is 0 Å². The van der Waals surface area contributed by atoms with E-state index < -0.39 is 0 Å². The number of fused-ring (bicyclic) bond motifs is 3. The Balaban J connectivity index is 1.58. The molecule has 1 N–H and O–H groups in total. The Labute approximate surface area is 129 Å². The molecule has 2 unspecified atom stereocenters. The van der Waals surface area contributed by atoms with Crippen molar-refractivity contribution in [3.63, 3.8) is 0 Å². The molecule has 0 spiro atoms. The van der Waals surface area contributed by atoms with Gasteiger partial charge in [-0.15, -0.1) is 0 Å². The van der Waals surface area contributed by atoms with Crippen LogP contribution in [0.3, 0.4) is 0 Å². The predicted molar refractivity (Wildman–Crippen MR) is 85.4 cm³/mol. The molecule has 2 heterocycles. The maximum Gasteiger partial charge on any atom is 0.0822 e. The van der Waals surface area contributed by atoms with Crippen molar-refractivity contribution in [3.8, 4) is 0 Å². The lowest BCUT2D eigenvalue weighted by Crippen LogP contribution is -3.11. The van der Waals surface area contributed by atoms with E-state index in [1.54, 1.807) is 4.90 Å². The summed E-state index contributed by atoms with van der Waals surface area (Å²) in [7, 11) is 2.37. The molecule has 2 heteroatoms. The molecule has 0 aromatic rings. The van der Waals surface area contributed by atoms with Crippen LogP contribution in [0, 0.1) is 17.8 Å². The molecular weight excluding hydrogens is 258 g/mol. The largest absolute Gasteiger partial charge is 0.373 e. The van der Waals surface area contributed by atoms with Gasteiger partial charge in [-0.05, 0) is 44.9 Å². The topological polar surface area (TPSA) is 13.7 Å². The Morgan fingerprint density at radius 2 is 1.86 bits per heavy atom. The number of likely N-dealkylation sites (tertiary alicyclic amines) is 1. The van der Waals surface area contributed by atoms with Crippen molar-refractivity contribution in [2.45, 2.75) is 70.0 Å². The second-order valence-electron chi connectivity index (χ2n) is 8.09. The summed E-state index contributed by atoms with van der Waals surface area (Å²) in [5, 5.41) is 0. The van der Waals surface area contributed by atoms with Gasteiger partial charge in [0.1, 0.15) is 0 Å². The minimum absolute atomic E-state index is 0.547. The van der Waals surface area contributed by atoms with Crippen LogP contribution in [0.4, 0.5) is 0 Å². The van der Waals surface area contributed by atoms with Crippen molar-refractivity contribution in [1.82, 2.24) is 0 Å². The van der Waals surface area contributed by atoms with Gasteiger partial charge in [-0.2, -0.15) is 0 Å². The van der Waals surface area contributed by atoms with Crippen LogP contribution in [0.15, 0.2) is 11.6 Å². The van der Waals surface area contributed by atoms with Gasteiger partial charge in [0.25, 0.3) is 0 Å². The Morgan fingerprint density at radius 1 is 1.00 bits per heavy atom. The standard InChI is InChI=1S/C19H31NO/c1-20-12-6-7-14(13-20)19-17-10-3-2-8-15(17)16-9-4-5-11-18(16)21-19/h8,14,16-19H,2-7,9-13H2,1H3/p+1/t14?,16-,17+,18+,19+/m1/s1. The average Bonchev–Trinajstić information content (AvgIpc) is 2.54. The molecule has 2 aliphatic heterocycles. The van der Waals surface area contributed by atoms with Crippen molar-refractivity contribution >= 4 is 0 Å². The summed E-state index contributed by atoms with van der Waals surface area (Å²) >= 11 is 0. The molecule has 2 aliphatic carbocycles. The number of piperidine rings is 1. The van der Waals surface area contributed by atoms with Gasteiger partial charge in [0.05, 0.1) is 32.3 Å². The fourth-order valence-electron chi connectivity index (χ4n) is 5.68. The van der Waals surface area contributed by atoms with Crippen molar-refractivity contribution in [2.24, 2.45) is 17.8 Å². The third-order valence-electron chi connectivity index (χ3n) is 6.64. The zero-order valence-electron chi connectivity index (χ0n) is 13.7. The molecule has 0 radical (unpaired) electrons. The van der Waals surface area contributed by atoms with Gasteiger partial charge in [-0.25, -0.2) is 0 Å². The van der Waals surface area contributed by atoms with Gasteiger partial charge in [0.2, 0.25) is 0 Å². The van der Waals surface area contributed by atoms with E-state index in [-0.39, 0.29) is 0 Å². The Morgan fingerprint density at radius 3 is 2.76 bits per heavy atom. The van der Waals surface area contributed by atoms with Crippen LogP contribution < -0.4 is 4.90 Å². The van der Waals surface area contributed by atoms with Crippen LogP contribution in [-0.2, 0) is 4.74 Å². The molecule has 118 valence electrons. The van der Waals surface area contributed by atoms with E-state index in [9.17, 15) is 0 Å². The highest BCUT2D eigenvalue weighted by atomic mass is 16.5. The second-order valence-corrected chi connectivity index (χ2v) is 8.09. The Bertz CT molecular complexity index is 404. The summed E-state index contributed by atoms with van der Waals surface area (Å²) in [5.74, 6) is 2.37. The number of rotatable bonds is 1. The minimum Gasteiger partial charge on any atom is -0.373 e. The molecule has 6 atom stereocenters. The van der Waals surface area contributed by atoms with E-state index in [0.29, 0.717) is 12.2 Å². The van der Waals surface area contributed by atoms with E-state index in [0.717, 1.165) is 17.8 Å². The molecule has 0 amide bonds. The summed E-state index contributed by atoms with van der Waals surface area (Å²) in [4.78, 5) is 1.72. The van der Waals surface area contributed by atoms with Gasteiger partial charge in [-0.1, -0.05) is 24.5 Å². The summed E-state index contributed by atoms with van der Waals surface area (Å²) in [5.41, 5.74) is 1.84. The summed E-state index contributed by atoms with van der Waals surface area (Å²) in [6.45, 7) is 2.70. The van der Waals surface area contributed by atoms with Gasteiger partial charge in [0, 0.05) is 17.8 Å². The first kappa shape index (κ1) is 14.3. The number of ether oxygens (including phenoxy) is 1. The van der Waals surface area contributed by atoms with E-state index in [4.69, 9.17) is 4.74 Å². The first-order chi connectivity index (χ1) is 10.3. The van der Waals surface area contributed by atoms with Gasteiger partial charge in [-0.3, -0.25) is 0 Å². The van der Waals surface area contributed by atoms with Crippen molar-refractivity contribution in [1.29, 1.82) is 0 Å². The smallest absolute Gasteiger partial charge is 0.0822 e. The summed E-state index contributed by atoms with van der Waals surface area (Å²) < 4.78 is 6.79. The highest BCUT2D eigenvalue weighted by molar-refractivity contribution is 5.21. The zero-order valence-corrected chi connectivity index (χ0v) is 13.7. The van der Waals surface area contributed by atoms with Crippen LogP contribution in [0.2, 0.25) is 0 Å². The fraction of sp³-hybridized carbons (Fsp3) is 0.895. The molecule has 4 rings (SSSR count). The lowest BCUT2D eigenvalue weighted by molar-refractivity contribution is -0.889. The van der Waals surface area contributed by atoms with Crippen LogP contribution in [0.1, 0.15) is 57.8 Å². The lowest BCUT2D eigenvalue weighted by Gasteiger charge is -2.50. The van der Waals surface area contributed by atoms with E-state index in [2.05, 4.69) is 13.1 Å². The molecule has 0 aromatic carbocycles. The molecular formula is C19H32NO+. The van der Waals surface area contributed by atoms with Crippen LogP contribution in [0.5, 0.6) is 0 Å². The SMILES string of the molecule is C[NH+]1CCCC([C@@H]2O[C@H]3CCCC[C@@H]3C3=CCCC[C@@H]32)C1. The third kappa shape index (κ3) is 2.70. The first-order valence-corrected chi connectivity index (χ1v) is 9.49. The number of hydrogen-bond donors (Lipinski definition) is 1. The number of quaternary nitrogens is 1. The minimum atomic E-state index is 0.547. The van der Waals surface area contributed by atoms with Gasteiger partial charge >= 0.3 is 0 Å². The molecule has 2 nitrogen and oxygen atoms in total. The second kappa shape index (κ2) is 6.04.